The van der Waals surface area contributed by atoms with E-state index in [-0.39, 0.29) is 11.7 Å². The highest BCUT2D eigenvalue weighted by Gasteiger charge is 2.19. The molecule has 0 atom stereocenters. The maximum atomic E-state index is 13.1. The molecule has 0 bridgehead atoms. The van der Waals surface area contributed by atoms with Crippen LogP contribution in [0.1, 0.15) is 10.5 Å². The number of nitrogens with zero attached hydrogens (tertiary/aromatic N) is 2. The molecule has 0 aliphatic rings. The van der Waals surface area contributed by atoms with E-state index in [1.54, 1.807) is 55.8 Å². The zero-order valence-corrected chi connectivity index (χ0v) is 14.9. The van der Waals surface area contributed by atoms with Crippen molar-refractivity contribution in [1.82, 2.24) is 9.78 Å². The number of methoxy groups -OCH3 is 1. The number of carbonyl (C=O) groups is 1. The van der Waals surface area contributed by atoms with Gasteiger partial charge >= 0.3 is 0 Å². The lowest BCUT2D eigenvalue weighted by atomic mass is 10.2. The van der Waals surface area contributed by atoms with Crippen LogP contribution in [0.15, 0.2) is 77.4 Å². The van der Waals surface area contributed by atoms with Gasteiger partial charge in [-0.1, -0.05) is 0 Å². The van der Waals surface area contributed by atoms with E-state index in [0.29, 0.717) is 34.3 Å². The molecule has 0 radical (unpaired) electrons. The van der Waals surface area contributed by atoms with Gasteiger partial charge in [-0.25, -0.2) is 9.07 Å². The fourth-order valence-corrected chi connectivity index (χ4v) is 2.74. The number of amides is 1. The number of furan rings is 1. The number of hydrogen-bond acceptors (Lipinski definition) is 4. The van der Waals surface area contributed by atoms with E-state index in [0.717, 1.165) is 0 Å². The summed E-state index contributed by atoms with van der Waals surface area (Å²) >= 11 is 0. The van der Waals surface area contributed by atoms with Crippen molar-refractivity contribution < 1.29 is 18.3 Å². The quantitative estimate of drug-likeness (QED) is 0.555. The summed E-state index contributed by atoms with van der Waals surface area (Å²) in [6.07, 6.45) is 1.54. The van der Waals surface area contributed by atoms with Crippen molar-refractivity contribution in [2.45, 2.75) is 0 Å². The Morgan fingerprint density at radius 2 is 1.86 bits per heavy atom. The van der Waals surface area contributed by atoms with Crippen molar-refractivity contribution in [2.24, 2.45) is 0 Å². The van der Waals surface area contributed by atoms with E-state index < -0.39 is 0 Å². The lowest BCUT2D eigenvalue weighted by molar-refractivity contribution is 0.101. The lowest BCUT2D eigenvalue weighted by Gasteiger charge is -2.09. The summed E-state index contributed by atoms with van der Waals surface area (Å²) < 4.78 is 25.2. The van der Waals surface area contributed by atoms with Crippen molar-refractivity contribution in [3.63, 3.8) is 0 Å². The van der Waals surface area contributed by atoms with Crippen molar-refractivity contribution in [2.75, 3.05) is 12.4 Å². The number of nitrogens with one attached hydrogen (secondary N) is 1. The van der Waals surface area contributed by atoms with Crippen LogP contribution in [-0.2, 0) is 0 Å². The smallest absolute Gasteiger partial charge is 0.274 e. The van der Waals surface area contributed by atoms with Gasteiger partial charge in [-0.15, -0.1) is 0 Å². The van der Waals surface area contributed by atoms with Gasteiger partial charge < -0.3 is 14.5 Å². The second kappa shape index (κ2) is 7.40. The molecule has 4 rings (SSSR count). The molecule has 0 fully saturated rings. The van der Waals surface area contributed by atoms with Crippen LogP contribution in [0.4, 0.5) is 10.1 Å². The van der Waals surface area contributed by atoms with Gasteiger partial charge in [0.2, 0.25) is 0 Å². The summed E-state index contributed by atoms with van der Waals surface area (Å²) in [6.45, 7) is 0. The third-order valence-electron chi connectivity index (χ3n) is 4.13. The summed E-state index contributed by atoms with van der Waals surface area (Å²) in [5.41, 5.74) is 1.99. The first-order chi connectivity index (χ1) is 13.6. The van der Waals surface area contributed by atoms with Gasteiger partial charge in [-0.3, -0.25) is 4.79 Å². The first kappa shape index (κ1) is 17.5. The average Bonchev–Trinajstić information content (AvgIpc) is 3.39. The molecule has 1 N–H and O–H groups in total. The molecule has 0 aliphatic carbocycles. The highest BCUT2D eigenvalue weighted by molar-refractivity contribution is 6.04. The Hall–Kier alpha value is -3.87. The van der Waals surface area contributed by atoms with Crippen LogP contribution in [0.3, 0.4) is 0 Å². The molecule has 0 unspecified atom stereocenters. The molecular formula is C21H16FN3O3. The van der Waals surface area contributed by atoms with Crippen LogP contribution in [-0.4, -0.2) is 22.8 Å². The van der Waals surface area contributed by atoms with Crippen LogP contribution in [0.2, 0.25) is 0 Å². The molecule has 0 saturated heterocycles. The Morgan fingerprint density at radius 3 is 2.50 bits per heavy atom. The van der Waals surface area contributed by atoms with Crippen molar-refractivity contribution in [1.29, 1.82) is 0 Å². The predicted octanol–water partition coefficient (Wildman–Crippen LogP) is 4.53. The first-order valence-electron chi connectivity index (χ1n) is 8.49. The fourth-order valence-electron chi connectivity index (χ4n) is 2.74. The number of halogens is 1. The SMILES string of the molecule is COc1ccc(-n2nc(-c3ccco3)cc2C(=O)Nc2ccc(F)cc2)cc1. The first-order valence-corrected chi connectivity index (χ1v) is 8.49. The van der Waals surface area contributed by atoms with Crippen LogP contribution < -0.4 is 10.1 Å². The molecule has 1 amide bonds. The van der Waals surface area contributed by atoms with E-state index in [1.807, 2.05) is 0 Å². The zero-order chi connectivity index (χ0) is 19.5. The summed E-state index contributed by atoms with van der Waals surface area (Å²) in [5, 5.41) is 7.27. The van der Waals surface area contributed by atoms with E-state index in [4.69, 9.17) is 9.15 Å². The van der Waals surface area contributed by atoms with Crippen LogP contribution >= 0.6 is 0 Å². The Kier molecular flexibility index (Phi) is 4.63. The summed E-state index contributed by atoms with van der Waals surface area (Å²) in [7, 11) is 1.58. The summed E-state index contributed by atoms with van der Waals surface area (Å²) in [5.74, 6) is 0.483. The zero-order valence-electron chi connectivity index (χ0n) is 14.9. The fraction of sp³-hybridized carbons (Fsp3) is 0.0476. The Balaban J connectivity index is 1.73. The normalized spacial score (nSPS) is 10.6. The number of hydrogen-bond donors (Lipinski definition) is 1. The molecule has 6 nitrogen and oxygen atoms in total. The largest absolute Gasteiger partial charge is 0.497 e. The van der Waals surface area contributed by atoms with Crippen molar-refractivity contribution >= 4 is 11.6 Å². The molecule has 7 heteroatoms. The third-order valence-corrected chi connectivity index (χ3v) is 4.13. The lowest BCUT2D eigenvalue weighted by Crippen LogP contribution is -2.17. The second-order valence-electron chi connectivity index (χ2n) is 5.96. The van der Waals surface area contributed by atoms with E-state index in [1.165, 1.54) is 28.9 Å². The third kappa shape index (κ3) is 3.50. The van der Waals surface area contributed by atoms with E-state index in [2.05, 4.69) is 10.4 Å². The maximum Gasteiger partial charge on any atom is 0.274 e. The summed E-state index contributed by atoms with van der Waals surface area (Å²) in [4.78, 5) is 12.9. The monoisotopic (exact) mass is 377 g/mol. The predicted molar refractivity (Wildman–Crippen MR) is 102 cm³/mol. The van der Waals surface area contributed by atoms with Crippen LogP contribution in [0, 0.1) is 5.82 Å². The molecule has 140 valence electrons. The van der Waals surface area contributed by atoms with Gasteiger partial charge in [0.25, 0.3) is 5.91 Å². The van der Waals surface area contributed by atoms with E-state index >= 15 is 0 Å². The molecule has 2 aromatic carbocycles. The van der Waals surface area contributed by atoms with Gasteiger partial charge in [-0.05, 0) is 60.7 Å². The van der Waals surface area contributed by atoms with Gasteiger partial charge in [0.15, 0.2) is 5.76 Å². The Bertz CT molecular complexity index is 1090. The second-order valence-corrected chi connectivity index (χ2v) is 5.96. The minimum absolute atomic E-state index is 0.306. The highest BCUT2D eigenvalue weighted by Crippen LogP contribution is 2.24. The number of carbonyl (C=O) groups excluding carboxylic acids is 1. The van der Waals surface area contributed by atoms with Gasteiger partial charge in [0, 0.05) is 11.8 Å². The molecule has 28 heavy (non-hydrogen) atoms. The number of aromatic nitrogens is 2. The average molecular weight is 377 g/mol. The van der Waals surface area contributed by atoms with E-state index in [9.17, 15) is 9.18 Å². The number of benzene rings is 2. The number of anilines is 1. The number of rotatable bonds is 5. The van der Waals surface area contributed by atoms with Crippen LogP contribution in [0.5, 0.6) is 5.75 Å². The number of ether oxygens (including phenoxy) is 1. The molecule has 0 saturated carbocycles. The molecular weight excluding hydrogens is 361 g/mol. The highest BCUT2D eigenvalue weighted by atomic mass is 19.1. The Morgan fingerprint density at radius 1 is 1.11 bits per heavy atom. The molecule has 0 aliphatic heterocycles. The molecule has 2 aromatic heterocycles. The molecule has 2 heterocycles. The van der Waals surface area contributed by atoms with Crippen LogP contribution in [0.25, 0.3) is 17.1 Å². The van der Waals surface area contributed by atoms with Gasteiger partial charge in [-0.2, -0.15) is 5.10 Å². The minimum atomic E-state index is -0.382. The summed E-state index contributed by atoms with van der Waals surface area (Å²) in [6, 6.07) is 17.9. The van der Waals surface area contributed by atoms with Gasteiger partial charge in [0.1, 0.15) is 23.0 Å². The minimum Gasteiger partial charge on any atom is -0.497 e. The molecule has 4 aromatic rings. The van der Waals surface area contributed by atoms with Crippen molar-refractivity contribution in [3.05, 3.63) is 84.5 Å². The van der Waals surface area contributed by atoms with Crippen molar-refractivity contribution in [3.8, 4) is 22.9 Å². The topological polar surface area (TPSA) is 69.3 Å². The Labute approximate surface area is 160 Å². The molecule has 0 spiro atoms. The standard InChI is InChI=1S/C21H16FN3O3/c1-27-17-10-8-16(9-11-17)25-19(13-18(24-25)20-3-2-12-28-20)21(26)23-15-6-4-14(22)5-7-15/h2-13H,1H3,(H,23,26). The van der Waals surface area contributed by atoms with Gasteiger partial charge in [0.05, 0.1) is 19.1 Å². The maximum absolute atomic E-state index is 13.1.